The molecule has 0 saturated heterocycles. The van der Waals surface area contributed by atoms with Crippen molar-refractivity contribution in [3.05, 3.63) is 47.1 Å². The third-order valence-corrected chi connectivity index (χ3v) is 2.07. The van der Waals surface area contributed by atoms with E-state index >= 15 is 0 Å². The van der Waals surface area contributed by atoms with Crippen LogP contribution in [0, 0.1) is 17.4 Å². The Morgan fingerprint density at radius 1 is 1.46 bits per heavy atom. The molecule has 0 aromatic carbocycles. The van der Waals surface area contributed by atoms with E-state index in [2.05, 4.69) is 24.3 Å². The van der Waals surface area contributed by atoms with E-state index in [1.165, 1.54) is 5.57 Å². The van der Waals surface area contributed by atoms with Gasteiger partial charge in [0.15, 0.2) is 0 Å². The smallest absolute Gasteiger partial charge is 0.0310 e. The zero-order valence-electron chi connectivity index (χ0n) is 7.02. The van der Waals surface area contributed by atoms with E-state index in [9.17, 15) is 0 Å². The van der Waals surface area contributed by atoms with Crippen LogP contribution >= 0.6 is 0 Å². The molecule has 13 heavy (non-hydrogen) atoms. The first kappa shape index (κ1) is 10.1. The van der Waals surface area contributed by atoms with Gasteiger partial charge >= 0.3 is 0 Å². The maximum atomic E-state index is 8.77. The molecule has 0 amide bonds. The SMILES string of the molecule is N#CC1=CC[C-]=C1C1=CC=CC1.[Fe]. The zero-order valence-corrected chi connectivity index (χ0v) is 8.13. The van der Waals surface area contributed by atoms with Crippen molar-refractivity contribution in [3.63, 3.8) is 0 Å². The summed E-state index contributed by atoms with van der Waals surface area (Å²) in [7, 11) is 0. The second-order valence-corrected chi connectivity index (χ2v) is 2.81. The van der Waals surface area contributed by atoms with Crippen LogP contribution < -0.4 is 0 Å². The minimum atomic E-state index is 0. The maximum Gasteiger partial charge on any atom is 0.0310 e. The van der Waals surface area contributed by atoms with Gasteiger partial charge in [0.05, 0.1) is 0 Å². The quantitative estimate of drug-likeness (QED) is 0.481. The predicted octanol–water partition coefficient (Wildman–Crippen LogP) is 2.45. The Kier molecular flexibility index (Phi) is 3.31. The molecule has 0 aromatic rings. The summed E-state index contributed by atoms with van der Waals surface area (Å²) < 4.78 is 0. The Balaban J connectivity index is 0.000000845. The molecule has 1 nitrogen and oxygen atoms in total. The largest absolute Gasteiger partial charge is 0.208 e. The molecule has 0 aromatic heterocycles. The molecular weight excluding hydrogens is 202 g/mol. The Morgan fingerprint density at radius 2 is 2.31 bits per heavy atom. The van der Waals surface area contributed by atoms with Crippen LogP contribution in [0.2, 0.25) is 0 Å². The third kappa shape index (κ3) is 1.83. The fraction of sp³-hybridized carbons (Fsp3) is 0.182. The van der Waals surface area contributed by atoms with Gasteiger partial charge in [-0.2, -0.15) is 11.6 Å². The first-order chi connectivity index (χ1) is 5.92. The standard InChI is InChI=1S/C11H8N.Fe/c12-8-10-6-3-7-11(10)9-4-1-2-5-9;/h1-2,4,6H,3,5H2;/q-1;. The van der Waals surface area contributed by atoms with Gasteiger partial charge in [-0.05, 0) is 0 Å². The first-order valence-corrected chi connectivity index (χ1v) is 3.99. The van der Waals surface area contributed by atoms with Crippen LogP contribution in [-0.4, -0.2) is 0 Å². The average molecular weight is 210 g/mol. The second kappa shape index (κ2) is 4.28. The zero-order chi connectivity index (χ0) is 8.39. The molecule has 0 saturated carbocycles. The molecule has 2 aliphatic rings. The number of hydrogen-bond donors (Lipinski definition) is 0. The summed E-state index contributed by atoms with van der Waals surface area (Å²) in [6.07, 6.45) is 13.0. The fourth-order valence-electron chi connectivity index (χ4n) is 1.47. The van der Waals surface area contributed by atoms with Gasteiger partial charge in [0.1, 0.15) is 0 Å². The molecule has 2 rings (SSSR count). The van der Waals surface area contributed by atoms with Crippen molar-refractivity contribution in [2.24, 2.45) is 0 Å². The Labute approximate surface area is 88.6 Å². The minimum Gasteiger partial charge on any atom is -0.208 e. The van der Waals surface area contributed by atoms with Crippen molar-refractivity contribution in [2.45, 2.75) is 12.8 Å². The topological polar surface area (TPSA) is 23.8 Å². The van der Waals surface area contributed by atoms with Gasteiger partial charge in [-0.15, -0.1) is 17.7 Å². The van der Waals surface area contributed by atoms with Gasteiger partial charge in [0, 0.05) is 23.1 Å². The monoisotopic (exact) mass is 210 g/mol. The van der Waals surface area contributed by atoms with Crippen LogP contribution in [0.1, 0.15) is 12.8 Å². The summed E-state index contributed by atoms with van der Waals surface area (Å²) in [5.74, 6) is 0. The van der Waals surface area contributed by atoms with E-state index < -0.39 is 0 Å². The van der Waals surface area contributed by atoms with Crippen LogP contribution in [0.4, 0.5) is 0 Å². The second-order valence-electron chi connectivity index (χ2n) is 2.81. The normalized spacial score (nSPS) is 18.5. The first-order valence-electron chi connectivity index (χ1n) is 3.99. The van der Waals surface area contributed by atoms with Crippen molar-refractivity contribution in [2.75, 3.05) is 0 Å². The van der Waals surface area contributed by atoms with Crippen molar-refractivity contribution in [3.8, 4) is 6.07 Å². The summed E-state index contributed by atoms with van der Waals surface area (Å²) in [6, 6.07) is 2.18. The third-order valence-electron chi connectivity index (χ3n) is 2.07. The maximum absolute atomic E-state index is 8.77. The minimum absolute atomic E-state index is 0. The summed E-state index contributed by atoms with van der Waals surface area (Å²) >= 11 is 0. The molecule has 0 spiro atoms. The van der Waals surface area contributed by atoms with Crippen molar-refractivity contribution >= 4 is 0 Å². The van der Waals surface area contributed by atoms with Gasteiger partial charge in [-0.3, -0.25) is 0 Å². The molecule has 0 unspecified atom stereocenters. The molecule has 0 aliphatic heterocycles. The Bertz CT molecular complexity index is 364. The number of nitriles is 1. The number of hydrogen-bond acceptors (Lipinski definition) is 1. The fourth-order valence-corrected chi connectivity index (χ4v) is 1.47. The molecular formula is C11H8FeN-. The van der Waals surface area contributed by atoms with E-state index in [-0.39, 0.29) is 17.1 Å². The van der Waals surface area contributed by atoms with E-state index in [0.29, 0.717) is 0 Å². The molecule has 0 N–H and O–H groups in total. The molecule has 0 fully saturated rings. The Hall–Kier alpha value is -1.03. The number of nitrogens with zero attached hydrogens (tertiary/aromatic N) is 1. The van der Waals surface area contributed by atoms with Crippen LogP contribution in [-0.2, 0) is 17.1 Å². The number of rotatable bonds is 1. The van der Waals surface area contributed by atoms with Gasteiger partial charge < -0.3 is 0 Å². The molecule has 2 heteroatoms. The summed E-state index contributed by atoms with van der Waals surface area (Å²) in [5, 5.41) is 8.77. The van der Waals surface area contributed by atoms with Crippen LogP contribution in [0.3, 0.4) is 0 Å². The Morgan fingerprint density at radius 3 is 2.92 bits per heavy atom. The van der Waals surface area contributed by atoms with Gasteiger partial charge in [0.2, 0.25) is 0 Å². The van der Waals surface area contributed by atoms with Gasteiger partial charge in [-0.1, -0.05) is 30.6 Å². The van der Waals surface area contributed by atoms with E-state index in [0.717, 1.165) is 24.0 Å². The van der Waals surface area contributed by atoms with Crippen molar-refractivity contribution < 1.29 is 17.1 Å². The van der Waals surface area contributed by atoms with E-state index in [1.54, 1.807) is 0 Å². The molecule has 0 heterocycles. The molecule has 0 atom stereocenters. The number of allylic oxidation sites excluding steroid dienone is 8. The molecule has 2 aliphatic carbocycles. The van der Waals surface area contributed by atoms with Crippen LogP contribution in [0.15, 0.2) is 41.0 Å². The van der Waals surface area contributed by atoms with Crippen molar-refractivity contribution in [1.29, 1.82) is 5.26 Å². The van der Waals surface area contributed by atoms with Crippen LogP contribution in [0.5, 0.6) is 0 Å². The van der Waals surface area contributed by atoms with Crippen LogP contribution in [0.25, 0.3) is 0 Å². The van der Waals surface area contributed by atoms with E-state index in [1.807, 2.05) is 12.2 Å². The van der Waals surface area contributed by atoms with Gasteiger partial charge in [0.25, 0.3) is 0 Å². The van der Waals surface area contributed by atoms with Gasteiger partial charge in [-0.25, -0.2) is 5.26 Å². The summed E-state index contributed by atoms with van der Waals surface area (Å²) in [5.41, 5.74) is 3.02. The molecule has 0 radical (unpaired) electrons. The summed E-state index contributed by atoms with van der Waals surface area (Å²) in [4.78, 5) is 0. The summed E-state index contributed by atoms with van der Waals surface area (Å²) in [6.45, 7) is 0. The van der Waals surface area contributed by atoms with Crippen molar-refractivity contribution in [1.82, 2.24) is 0 Å². The van der Waals surface area contributed by atoms with E-state index in [4.69, 9.17) is 5.26 Å². The molecule has 66 valence electrons. The predicted molar refractivity (Wildman–Crippen MR) is 46.9 cm³/mol. The average Bonchev–Trinajstić information content (AvgIpc) is 2.74. The molecule has 0 bridgehead atoms.